The van der Waals surface area contributed by atoms with Gasteiger partial charge in [-0.15, -0.1) is 11.8 Å². The fourth-order valence-electron chi connectivity index (χ4n) is 4.08. The van der Waals surface area contributed by atoms with E-state index in [1.807, 2.05) is 11.8 Å². The highest BCUT2D eigenvalue weighted by Crippen LogP contribution is 2.44. The first-order chi connectivity index (χ1) is 13.6. The van der Waals surface area contributed by atoms with Crippen LogP contribution in [0.5, 0.6) is 0 Å². The number of piperidine rings is 1. The largest absolute Gasteiger partial charge is 0.378 e. The number of thioether (sulfide) groups is 1. The first-order valence-electron chi connectivity index (χ1n) is 9.94. The van der Waals surface area contributed by atoms with Crippen molar-refractivity contribution < 1.29 is 0 Å². The molecule has 0 bridgehead atoms. The molecular weight excluding hydrogens is 430 g/mol. The van der Waals surface area contributed by atoms with E-state index >= 15 is 0 Å². The molecule has 1 fully saturated rings. The molecule has 0 saturated carbocycles. The van der Waals surface area contributed by atoms with E-state index in [4.69, 9.17) is 0 Å². The molecule has 0 radical (unpaired) electrons. The molecule has 2 aliphatic heterocycles. The molecule has 0 N–H and O–H groups in total. The summed E-state index contributed by atoms with van der Waals surface area (Å²) in [7, 11) is 4.18. The van der Waals surface area contributed by atoms with Crippen LogP contribution in [-0.2, 0) is 6.54 Å². The molecule has 28 heavy (non-hydrogen) atoms. The maximum Gasteiger partial charge on any atom is 0.105 e. The zero-order valence-corrected chi connectivity index (χ0v) is 19.0. The van der Waals surface area contributed by atoms with Crippen molar-refractivity contribution >= 4 is 33.4 Å². The molecule has 5 heteroatoms. The van der Waals surface area contributed by atoms with Gasteiger partial charge >= 0.3 is 0 Å². The summed E-state index contributed by atoms with van der Waals surface area (Å²) < 4.78 is 1.21. The molecule has 148 valence electrons. The summed E-state index contributed by atoms with van der Waals surface area (Å²) in [5.74, 6) is 0. The van der Waals surface area contributed by atoms with E-state index in [2.05, 4.69) is 105 Å². The molecule has 1 unspecified atom stereocenters. The third kappa shape index (κ3) is 4.42. The van der Waals surface area contributed by atoms with E-state index in [-0.39, 0.29) is 0 Å². The molecule has 1 saturated heterocycles. The van der Waals surface area contributed by atoms with Gasteiger partial charge in [0.15, 0.2) is 0 Å². The van der Waals surface area contributed by atoms with Crippen LogP contribution in [0.4, 0.5) is 5.69 Å². The van der Waals surface area contributed by atoms with E-state index in [0.29, 0.717) is 11.4 Å². The predicted octanol–water partition coefficient (Wildman–Crippen LogP) is 5.70. The summed E-state index contributed by atoms with van der Waals surface area (Å²) >= 11 is 5.66. The van der Waals surface area contributed by atoms with Gasteiger partial charge in [-0.3, -0.25) is 4.90 Å². The minimum Gasteiger partial charge on any atom is -0.378 e. The van der Waals surface area contributed by atoms with Crippen molar-refractivity contribution in [2.75, 3.05) is 32.1 Å². The molecule has 2 aromatic carbocycles. The highest BCUT2D eigenvalue weighted by Gasteiger charge is 2.31. The standard InChI is InChI=1S/C23H28BrN3S/c1-25(2)19-9-7-18(8-10-19)17-26-13-11-20(12-14-26)27-15-16-28-23(27)21-5-3-4-6-22(21)24/h3-10,15-16,20,23H,11-14,17H2,1-2H3. The number of rotatable bonds is 5. The summed E-state index contributed by atoms with van der Waals surface area (Å²) in [6.45, 7) is 3.38. The van der Waals surface area contributed by atoms with Crippen LogP contribution < -0.4 is 4.90 Å². The summed E-state index contributed by atoms with van der Waals surface area (Å²) in [4.78, 5) is 7.33. The number of benzene rings is 2. The van der Waals surface area contributed by atoms with E-state index in [0.717, 1.165) is 19.6 Å². The van der Waals surface area contributed by atoms with Gasteiger partial charge in [-0.05, 0) is 47.6 Å². The molecule has 0 amide bonds. The Morgan fingerprint density at radius 1 is 1.04 bits per heavy atom. The highest BCUT2D eigenvalue weighted by molar-refractivity contribution is 9.10. The Morgan fingerprint density at radius 2 is 1.75 bits per heavy atom. The Kier molecular flexibility index (Phi) is 6.34. The molecule has 2 aliphatic rings. The summed E-state index contributed by atoms with van der Waals surface area (Å²) in [5.41, 5.74) is 4.05. The minimum absolute atomic E-state index is 0.394. The number of anilines is 1. The Hall–Kier alpha value is -1.43. The monoisotopic (exact) mass is 457 g/mol. The van der Waals surface area contributed by atoms with E-state index in [1.165, 1.54) is 34.1 Å². The van der Waals surface area contributed by atoms with Crippen molar-refractivity contribution in [3.05, 3.63) is 75.7 Å². The normalized spacial score (nSPS) is 20.7. The Morgan fingerprint density at radius 3 is 2.43 bits per heavy atom. The van der Waals surface area contributed by atoms with Crippen molar-refractivity contribution in [2.24, 2.45) is 0 Å². The van der Waals surface area contributed by atoms with Crippen molar-refractivity contribution in [3.8, 4) is 0 Å². The van der Waals surface area contributed by atoms with E-state index in [9.17, 15) is 0 Å². The van der Waals surface area contributed by atoms with Crippen LogP contribution in [-0.4, -0.2) is 43.0 Å². The van der Waals surface area contributed by atoms with Crippen molar-refractivity contribution in [3.63, 3.8) is 0 Å². The molecule has 0 aliphatic carbocycles. The number of nitrogens with zero attached hydrogens (tertiary/aromatic N) is 3. The van der Waals surface area contributed by atoms with Crippen LogP contribution in [0.2, 0.25) is 0 Å². The second kappa shape index (κ2) is 8.93. The van der Waals surface area contributed by atoms with Crippen molar-refractivity contribution in [2.45, 2.75) is 30.8 Å². The Balaban J connectivity index is 1.35. The molecule has 2 heterocycles. The first-order valence-corrected chi connectivity index (χ1v) is 11.7. The van der Waals surface area contributed by atoms with Crippen LogP contribution in [0.25, 0.3) is 0 Å². The maximum atomic E-state index is 3.74. The lowest BCUT2D eigenvalue weighted by Crippen LogP contribution is -2.42. The number of hydrogen-bond donors (Lipinski definition) is 0. The molecule has 2 aromatic rings. The third-order valence-corrected chi connectivity index (χ3v) is 7.48. The van der Waals surface area contributed by atoms with Gasteiger partial charge in [0, 0.05) is 56.1 Å². The zero-order chi connectivity index (χ0) is 19.5. The molecule has 3 nitrogen and oxygen atoms in total. The highest BCUT2D eigenvalue weighted by atomic mass is 79.9. The van der Waals surface area contributed by atoms with Gasteiger partial charge in [0.1, 0.15) is 5.37 Å². The summed E-state index contributed by atoms with van der Waals surface area (Å²) in [6, 6.07) is 18.2. The van der Waals surface area contributed by atoms with Crippen LogP contribution in [0.3, 0.4) is 0 Å². The fourth-order valence-corrected chi connectivity index (χ4v) is 5.83. The van der Waals surface area contributed by atoms with E-state index < -0.39 is 0 Å². The summed E-state index contributed by atoms with van der Waals surface area (Å²) in [5, 5.41) is 2.65. The SMILES string of the molecule is CN(C)c1ccc(CN2CCC(N3C=CSC3c3ccccc3Br)CC2)cc1. The first kappa shape index (κ1) is 19.9. The second-order valence-corrected chi connectivity index (χ2v) is 9.66. The van der Waals surface area contributed by atoms with Crippen LogP contribution in [0.15, 0.2) is 64.6 Å². The lowest BCUT2D eigenvalue weighted by Gasteiger charge is -2.39. The quantitative estimate of drug-likeness (QED) is 0.569. The average Bonchev–Trinajstić information content (AvgIpc) is 3.19. The van der Waals surface area contributed by atoms with Crippen LogP contribution in [0, 0.1) is 0 Å². The van der Waals surface area contributed by atoms with Crippen LogP contribution in [0.1, 0.15) is 29.3 Å². The van der Waals surface area contributed by atoms with Crippen molar-refractivity contribution in [1.82, 2.24) is 9.80 Å². The van der Waals surface area contributed by atoms with Gasteiger partial charge in [-0.1, -0.05) is 46.3 Å². The van der Waals surface area contributed by atoms with Gasteiger partial charge in [-0.25, -0.2) is 0 Å². The molecule has 0 aromatic heterocycles. The number of hydrogen-bond acceptors (Lipinski definition) is 4. The van der Waals surface area contributed by atoms with Gasteiger partial charge in [-0.2, -0.15) is 0 Å². The predicted molar refractivity (Wildman–Crippen MR) is 125 cm³/mol. The van der Waals surface area contributed by atoms with Crippen molar-refractivity contribution in [1.29, 1.82) is 0 Å². The third-order valence-electron chi connectivity index (χ3n) is 5.72. The summed E-state index contributed by atoms with van der Waals surface area (Å²) in [6.07, 6.45) is 4.75. The topological polar surface area (TPSA) is 9.72 Å². The van der Waals surface area contributed by atoms with Gasteiger partial charge < -0.3 is 9.80 Å². The molecule has 4 rings (SSSR count). The molecular formula is C23H28BrN3S. The second-order valence-electron chi connectivity index (χ2n) is 7.81. The molecule has 1 atom stereocenters. The lowest BCUT2D eigenvalue weighted by atomic mass is 10.0. The fraction of sp³-hybridized carbons (Fsp3) is 0.391. The Bertz CT molecular complexity index is 813. The smallest absolute Gasteiger partial charge is 0.105 e. The zero-order valence-electron chi connectivity index (χ0n) is 16.6. The lowest BCUT2D eigenvalue weighted by molar-refractivity contribution is 0.132. The maximum absolute atomic E-state index is 3.74. The van der Waals surface area contributed by atoms with Gasteiger partial charge in [0.05, 0.1) is 0 Å². The van der Waals surface area contributed by atoms with E-state index in [1.54, 1.807) is 0 Å². The molecule has 0 spiro atoms. The van der Waals surface area contributed by atoms with Crippen LogP contribution >= 0.6 is 27.7 Å². The number of likely N-dealkylation sites (tertiary alicyclic amines) is 1. The Labute approximate surface area is 181 Å². The van der Waals surface area contributed by atoms with Gasteiger partial charge in [0.2, 0.25) is 0 Å². The average molecular weight is 458 g/mol. The number of halogens is 1. The van der Waals surface area contributed by atoms with Gasteiger partial charge in [0.25, 0.3) is 0 Å². The minimum atomic E-state index is 0.394.